The van der Waals surface area contributed by atoms with E-state index in [0.29, 0.717) is 36.3 Å². The summed E-state index contributed by atoms with van der Waals surface area (Å²) in [5, 5.41) is 2.62. The number of benzene rings is 1. The van der Waals surface area contributed by atoms with E-state index in [1.807, 2.05) is 4.90 Å². The largest absolute Gasteiger partial charge is 0.458 e. The van der Waals surface area contributed by atoms with Gasteiger partial charge in [-0.3, -0.25) is 20.0 Å². The van der Waals surface area contributed by atoms with Crippen LogP contribution in [0.3, 0.4) is 0 Å². The van der Waals surface area contributed by atoms with Crippen LogP contribution in [0, 0.1) is 17.7 Å². The lowest BCUT2D eigenvalue weighted by Crippen LogP contribution is -2.33. The first-order valence-corrected chi connectivity index (χ1v) is 11.6. The average molecular weight is 491 g/mol. The Kier molecular flexibility index (Phi) is 6.88. The molecule has 190 valence electrons. The molecule has 2 N–H and O–H groups in total. The standard InChI is InChI=1S/C24H31FN4O6/c1-14(30)26-8-16-10-29(23(32)34-16)15-5-6-21(20(25)7-15)28-11-18-17(19(18)12-28)9-27-33-13-22(31)35-24(2,3)4/h5-7,9,16,18-19,27H,8,10-13H2,1-4H3,(H,26,30)/t16-,18-,19+/m0/s1. The quantitative estimate of drug-likeness (QED) is 0.324. The SMILES string of the molecule is CC(=O)NC[C@H]1CN(c2ccc(N3C[C@@H]4C(=CNOCC(=O)OC(C)(C)C)[C@@H]4C3)c(F)c2)C(=O)O1. The fraction of sp³-hybridized carbons (Fsp3) is 0.542. The highest BCUT2D eigenvalue weighted by Crippen LogP contribution is 2.52. The van der Waals surface area contributed by atoms with Crippen LogP contribution in [0.2, 0.25) is 0 Å². The van der Waals surface area contributed by atoms with Crippen LogP contribution in [-0.4, -0.2) is 62.5 Å². The summed E-state index contributed by atoms with van der Waals surface area (Å²) < 4.78 is 25.4. The molecule has 1 aliphatic carbocycles. The molecule has 1 aromatic carbocycles. The van der Waals surface area contributed by atoms with Crippen LogP contribution in [0.25, 0.3) is 0 Å². The predicted octanol–water partition coefficient (Wildman–Crippen LogP) is 2.10. The Hall–Kier alpha value is -3.34. The van der Waals surface area contributed by atoms with Crippen molar-refractivity contribution in [1.29, 1.82) is 0 Å². The van der Waals surface area contributed by atoms with Crippen molar-refractivity contribution < 1.29 is 33.1 Å². The molecule has 1 aromatic rings. The Labute approximate surface area is 203 Å². The van der Waals surface area contributed by atoms with Crippen LogP contribution < -0.4 is 20.6 Å². The van der Waals surface area contributed by atoms with E-state index < -0.39 is 29.6 Å². The van der Waals surface area contributed by atoms with Crippen molar-refractivity contribution in [2.24, 2.45) is 11.8 Å². The molecule has 35 heavy (non-hydrogen) atoms. The molecule has 0 unspecified atom stereocenters. The number of fused-ring (bicyclic) bond motifs is 1. The number of nitrogens with zero attached hydrogens (tertiary/aromatic N) is 2. The number of esters is 1. The third-order valence-corrected chi connectivity index (χ3v) is 6.02. The zero-order chi connectivity index (χ0) is 25.3. The zero-order valence-electron chi connectivity index (χ0n) is 20.3. The third-order valence-electron chi connectivity index (χ3n) is 6.02. The predicted molar refractivity (Wildman–Crippen MR) is 125 cm³/mol. The van der Waals surface area contributed by atoms with Crippen molar-refractivity contribution in [2.45, 2.75) is 39.4 Å². The van der Waals surface area contributed by atoms with E-state index in [9.17, 15) is 18.8 Å². The second kappa shape index (κ2) is 9.73. The molecular formula is C24H31FN4O6. The van der Waals surface area contributed by atoms with Gasteiger partial charge in [-0.15, -0.1) is 0 Å². The maximum Gasteiger partial charge on any atom is 0.414 e. The molecule has 0 bridgehead atoms. The van der Waals surface area contributed by atoms with E-state index >= 15 is 0 Å². The van der Waals surface area contributed by atoms with E-state index in [-0.39, 0.29) is 25.6 Å². The van der Waals surface area contributed by atoms with Gasteiger partial charge in [-0.1, -0.05) is 0 Å². The van der Waals surface area contributed by atoms with Gasteiger partial charge in [-0.05, 0) is 44.5 Å². The van der Waals surface area contributed by atoms with Crippen LogP contribution >= 0.6 is 0 Å². The van der Waals surface area contributed by atoms with Gasteiger partial charge >= 0.3 is 12.1 Å². The van der Waals surface area contributed by atoms with Gasteiger partial charge in [-0.2, -0.15) is 0 Å². The molecule has 2 amide bonds. The van der Waals surface area contributed by atoms with Gasteiger partial charge in [-0.25, -0.2) is 14.0 Å². The molecule has 4 rings (SSSR count). The molecule has 2 aliphatic heterocycles. The lowest BCUT2D eigenvalue weighted by Gasteiger charge is -2.22. The van der Waals surface area contributed by atoms with Crippen LogP contribution in [0.15, 0.2) is 30.0 Å². The highest BCUT2D eigenvalue weighted by Gasteiger charge is 2.51. The molecule has 11 heteroatoms. The fourth-order valence-corrected chi connectivity index (χ4v) is 4.43. The van der Waals surface area contributed by atoms with Crippen LogP contribution in [0.1, 0.15) is 27.7 Å². The summed E-state index contributed by atoms with van der Waals surface area (Å²) in [6, 6.07) is 4.72. The molecule has 3 atom stereocenters. The average Bonchev–Trinajstić information content (AvgIpc) is 3.08. The van der Waals surface area contributed by atoms with Gasteiger partial charge in [0.2, 0.25) is 5.91 Å². The number of carbonyl (C=O) groups is 3. The second-order valence-corrected chi connectivity index (χ2v) is 9.94. The summed E-state index contributed by atoms with van der Waals surface area (Å²) >= 11 is 0. The van der Waals surface area contributed by atoms with Gasteiger partial charge in [0.15, 0.2) is 6.61 Å². The van der Waals surface area contributed by atoms with E-state index in [0.717, 1.165) is 0 Å². The molecule has 1 saturated carbocycles. The van der Waals surface area contributed by atoms with Crippen molar-refractivity contribution in [3.63, 3.8) is 0 Å². The fourth-order valence-electron chi connectivity index (χ4n) is 4.43. The number of anilines is 2. The molecular weight excluding hydrogens is 459 g/mol. The Morgan fingerprint density at radius 3 is 2.57 bits per heavy atom. The Balaban J connectivity index is 1.26. The minimum Gasteiger partial charge on any atom is -0.458 e. The van der Waals surface area contributed by atoms with Crippen molar-refractivity contribution in [1.82, 2.24) is 10.8 Å². The molecule has 2 heterocycles. The number of carbonyl (C=O) groups excluding carboxylic acids is 3. The summed E-state index contributed by atoms with van der Waals surface area (Å²) in [5.41, 5.74) is 4.21. The Morgan fingerprint density at radius 2 is 1.94 bits per heavy atom. The number of hydrogen-bond acceptors (Lipinski definition) is 8. The molecule has 0 radical (unpaired) electrons. The van der Waals surface area contributed by atoms with Crippen molar-refractivity contribution in [2.75, 3.05) is 42.6 Å². The normalized spacial score (nSPS) is 24.3. The number of cyclic esters (lactones) is 1. The summed E-state index contributed by atoms with van der Waals surface area (Å²) in [4.78, 5) is 43.4. The first-order valence-electron chi connectivity index (χ1n) is 11.6. The molecule has 0 aromatic heterocycles. The van der Waals surface area contributed by atoms with Gasteiger partial charge < -0.3 is 19.7 Å². The second-order valence-electron chi connectivity index (χ2n) is 9.94. The lowest BCUT2D eigenvalue weighted by atomic mass is 10.2. The Bertz CT molecular complexity index is 1030. The van der Waals surface area contributed by atoms with E-state index in [1.54, 1.807) is 39.1 Å². The number of piperidine rings is 1. The smallest absolute Gasteiger partial charge is 0.414 e. The first kappa shape index (κ1) is 24.8. The van der Waals surface area contributed by atoms with Gasteiger partial charge in [0, 0.05) is 38.0 Å². The zero-order valence-corrected chi connectivity index (χ0v) is 20.3. The lowest BCUT2D eigenvalue weighted by molar-refractivity contribution is -0.162. The monoisotopic (exact) mass is 490 g/mol. The minimum atomic E-state index is -0.564. The molecule has 3 aliphatic rings. The van der Waals surface area contributed by atoms with Gasteiger partial charge in [0.05, 0.1) is 24.5 Å². The maximum absolute atomic E-state index is 14.9. The highest BCUT2D eigenvalue weighted by atomic mass is 19.1. The third kappa shape index (κ3) is 6.02. The number of hydrogen-bond donors (Lipinski definition) is 2. The van der Waals surface area contributed by atoms with Crippen LogP contribution in [-0.2, 0) is 23.9 Å². The first-order chi connectivity index (χ1) is 16.5. The number of ether oxygens (including phenoxy) is 2. The number of hydroxylamine groups is 1. The summed E-state index contributed by atoms with van der Waals surface area (Å²) in [5.74, 6) is -0.466. The van der Waals surface area contributed by atoms with Gasteiger partial charge in [0.25, 0.3) is 0 Å². The molecule has 3 fully saturated rings. The topological polar surface area (TPSA) is 109 Å². The van der Waals surface area contributed by atoms with Crippen molar-refractivity contribution in [3.8, 4) is 0 Å². The maximum atomic E-state index is 14.9. The van der Waals surface area contributed by atoms with E-state index in [4.69, 9.17) is 14.3 Å². The molecule has 2 saturated heterocycles. The van der Waals surface area contributed by atoms with Crippen molar-refractivity contribution >= 4 is 29.3 Å². The summed E-state index contributed by atoms with van der Waals surface area (Å²) in [6.07, 6.45) is 0.713. The number of rotatable bonds is 8. The van der Waals surface area contributed by atoms with Gasteiger partial charge in [0.1, 0.15) is 17.5 Å². The molecule has 0 spiro atoms. The number of halogens is 1. The van der Waals surface area contributed by atoms with Crippen molar-refractivity contribution in [3.05, 3.63) is 35.8 Å². The number of nitrogens with one attached hydrogen (secondary N) is 2. The Morgan fingerprint density at radius 1 is 1.23 bits per heavy atom. The summed E-state index contributed by atoms with van der Waals surface area (Å²) in [7, 11) is 0. The highest BCUT2D eigenvalue weighted by molar-refractivity contribution is 5.90. The van der Waals surface area contributed by atoms with E-state index in [2.05, 4.69) is 10.8 Å². The summed E-state index contributed by atoms with van der Waals surface area (Å²) in [6.45, 7) is 8.36. The van der Waals surface area contributed by atoms with E-state index in [1.165, 1.54) is 23.5 Å². The van der Waals surface area contributed by atoms with Crippen LogP contribution in [0.5, 0.6) is 0 Å². The minimum absolute atomic E-state index is 0.196. The van der Waals surface area contributed by atoms with Crippen LogP contribution in [0.4, 0.5) is 20.6 Å². The number of amides is 2. The molecule has 10 nitrogen and oxygen atoms in total.